The first-order chi connectivity index (χ1) is 8.58. The van der Waals surface area contributed by atoms with E-state index in [4.69, 9.17) is 4.74 Å². The third kappa shape index (κ3) is 5.89. The minimum Gasteiger partial charge on any atom is -0.494 e. The number of benzene rings is 1. The molecule has 1 rings (SSSR count). The third-order valence-corrected chi connectivity index (χ3v) is 2.18. The van der Waals surface area contributed by atoms with E-state index in [9.17, 15) is 9.59 Å². The van der Waals surface area contributed by atoms with Crippen LogP contribution in [0, 0.1) is 6.92 Å². The number of hydrogen-bond acceptors (Lipinski definition) is 3. The lowest BCUT2D eigenvalue weighted by atomic mass is 10.2. The fourth-order valence-electron chi connectivity index (χ4n) is 1.35. The SMILES string of the molecule is CC(=O)NNC(=O)CCCOc1cccc(C)c1. The molecule has 0 aliphatic carbocycles. The largest absolute Gasteiger partial charge is 0.494 e. The van der Waals surface area contributed by atoms with E-state index in [0.717, 1.165) is 11.3 Å². The Morgan fingerprint density at radius 2 is 2.06 bits per heavy atom. The second-order valence-corrected chi connectivity index (χ2v) is 4.00. The van der Waals surface area contributed by atoms with Crippen LogP contribution in [-0.2, 0) is 9.59 Å². The normalized spacial score (nSPS) is 9.67. The predicted molar refractivity (Wildman–Crippen MR) is 67.9 cm³/mol. The molecule has 0 aromatic heterocycles. The van der Waals surface area contributed by atoms with Gasteiger partial charge in [0.25, 0.3) is 0 Å². The van der Waals surface area contributed by atoms with Crippen molar-refractivity contribution in [2.75, 3.05) is 6.61 Å². The fraction of sp³-hybridized carbons (Fsp3) is 0.385. The van der Waals surface area contributed by atoms with Gasteiger partial charge in [-0.2, -0.15) is 0 Å². The zero-order valence-corrected chi connectivity index (χ0v) is 10.7. The molecule has 5 nitrogen and oxygen atoms in total. The molecule has 0 spiro atoms. The minimum atomic E-state index is -0.292. The van der Waals surface area contributed by atoms with Gasteiger partial charge in [0.15, 0.2) is 0 Å². The molecule has 0 heterocycles. The summed E-state index contributed by atoms with van der Waals surface area (Å²) in [7, 11) is 0. The van der Waals surface area contributed by atoms with E-state index in [1.807, 2.05) is 31.2 Å². The Bertz CT molecular complexity index is 418. The molecule has 5 heteroatoms. The van der Waals surface area contributed by atoms with Gasteiger partial charge in [-0.25, -0.2) is 0 Å². The van der Waals surface area contributed by atoms with Crippen LogP contribution in [-0.4, -0.2) is 18.4 Å². The summed E-state index contributed by atoms with van der Waals surface area (Å²) in [5.74, 6) is 0.287. The van der Waals surface area contributed by atoms with Crippen molar-refractivity contribution in [3.8, 4) is 5.75 Å². The molecule has 0 saturated heterocycles. The van der Waals surface area contributed by atoms with E-state index >= 15 is 0 Å². The number of carbonyl (C=O) groups excluding carboxylic acids is 2. The molecule has 0 fully saturated rings. The number of ether oxygens (including phenoxy) is 1. The quantitative estimate of drug-likeness (QED) is 0.612. The number of hydrogen-bond donors (Lipinski definition) is 2. The molecule has 0 unspecified atom stereocenters. The van der Waals surface area contributed by atoms with Crippen LogP contribution in [0.25, 0.3) is 0 Å². The highest BCUT2D eigenvalue weighted by Gasteiger charge is 2.01. The van der Waals surface area contributed by atoms with Crippen molar-refractivity contribution in [2.24, 2.45) is 0 Å². The van der Waals surface area contributed by atoms with Crippen molar-refractivity contribution < 1.29 is 14.3 Å². The summed E-state index contributed by atoms with van der Waals surface area (Å²) in [5.41, 5.74) is 5.66. The fourth-order valence-corrected chi connectivity index (χ4v) is 1.35. The maximum atomic E-state index is 11.2. The van der Waals surface area contributed by atoms with Gasteiger partial charge in [0.1, 0.15) is 5.75 Å². The monoisotopic (exact) mass is 250 g/mol. The summed E-state index contributed by atoms with van der Waals surface area (Å²) in [4.78, 5) is 21.8. The van der Waals surface area contributed by atoms with Crippen molar-refractivity contribution in [1.82, 2.24) is 10.9 Å². The van der Waals surface area contributed by atoms with Crippen LogP contribution in [0.15, 0.2) is 24.3 Å². The van der Waals surface area contributed by atoms with Crippen molar-refractivity contribution in [3.63, 3.8) is 0 Å². The second kappa shape index (κ2) is 7.32. The maximum Gasteiger partial charge on any atom is 0.238 e. The van der Waals surface area contributed by atoms with Crippen LogP contribution >= 0.6 is 0 Å². The van der Waals surface area contributed by atoms with Gasteiger partial charge in [0, 0.05) is 13.3 Å². The summed E-state index contributed by atoms with van der Waals surface area (Å²) >= 11 is 0. The number of hydrazine groups is 1. The summed E-state index contributed by atoms with van der Waals surface area (Å²) in [6.07, 6.45) is 0.908. The molecule has 1 aromatic carbocycles. The van der Waals surface area contributed by atoms with Crippen LogP contribution in [0.3, 0.4) is 0 Å². The molecular weight excluding hydrogens is 232 g/mol. The van der Waals surface area contributed by atoms with E-state index < -0.39 is 0 Å². The van der Waals surface area contributed by atoms with Gasteiger partial charge in [-0.1, -0.05) is 12.1 Å². The Morgan fingerprint density at radius 1 is 1.28 bits per heavy atom. The van der Waals surface area contributed by atoms with Crippen molar-refractivity contribution in [2.45, 2.75) is 26.7 Å². The van der Waals surface area contributed by atoms with Crippen LogP contribution in [0.4, 0.5) is 0 Å². The molecule has 0 aliphatic heterocycles. The standard InChI is InChI=1S/C13H18N2O3/c1-10-5-3-6-12(9-10)18-8-4-7-13(17)15-14-11(2)16/h3,5-6,9H,4,7-8H2,1-2H3,(H,14,16)(H,15,17). The highest BCUT2D eigenvalue weighted by molar-refractivity contribution is 5.80. The molecule has 0 bridgehead atoms. The molecule has 0 atom stereocenters. The second-order valence-electron chi connectivity index (χ2n) is 4.00. The average Bonchev–Trinajstić information content (AvgIpc) is 2.32. The number of amides is 2. The molecule has 0 aliphatic rings. The highest BCUT2D eigenvalue weighted by Crippen LogP contribution is 2.12. The van der Waals surface area contributed by atoms with E-state index in [0.29, 0.717) is 19.4 Å². The number of aryl methyl sites for hydroxylation is 1. The molecule has 98 valence electrons. The molecular formula is C13H18N2O3. The molecule has 1 aromatic rings. The Labute approximate surface area is 106 Å². The van der Waals surface area contributed by atoms with Crippen molar-refractivity contribution in [3.05, 3.63) is 29.8 Å². The number of nitrogens with one attached hydrogen (secondary N) is 2. The summed E-state index contributed by atoms with van der Waals surface area (Å²) in [6, 6.07) is 7.74. The summed E-state index contributed by atoms with van der Waals surface area (Å²) in [5, 5.41) is 0. The lowest BCUT2D eigenvalue weighted by Gasteiger charge is -2.07. The molecule has 0 radical (unpaired) electrons. The lowest BCUT2D eigenvalue weighted by molar-refractivity contribution is -0.127. The first-order valence-electron chi connectivity index (χ1n) is 5.83. The van der Waals surface area contributed by atoms with Crippen molar-refractivity contribution in [1.29, 1.82) is 0 Å². The van der Waals surface area contributed by atoms with Gasteiger partial charge >= 0.3 is 0 Å². The Hall–Kier alpha value is -2.04. The summed E-state index contributed by atoms with van der Waals surface area (Å²) in [6.45, 7) is 3.80. The van der Waals surface area contributed by atoms with E-state index in [1.54, 1.807) is 0 Å². The van der Waals surface area contributed by atoms with Crippen LogP contribution < -0.4 is 15.6 Å². The highest BCUT2D eigenvalue weighted by atomic mass is 16.5. The first kappa shape index (κ1) is 14.0. The van der Waals surface area contributed by atoms with Crippen LogP contribution in [0.1, 0.15) is 25.3 Å². The lowest BCUT2D eigenvalue weighted by Crippen LogP contribution is -2.40. The van der Waals surface area contributed by atoms with Gasteiger partial charge in [0.05, 0.1) is 6.61 Å². The first-order valence-corrected chi connectivity index (χ1v) is 5.83. The molecule has 18 heavy (non-hydrogen) atoms. The minimum absolute atomic E-state index is 0.224. The summed E-state index contributed by atoms with van der Waals surface area (Å²) < 4.78 is 5.50. The number of rotatable bonds is 5. The zero-order valence-electron chi connectivity index (χ0n) is 10.7. The van der Waals surface area contributed by atoms with Crippen LogP contribution in [0.2, 0.25) is 0 Å². The van der Waals surface area contributed by atoms with Gasteiger partial charge in [-0.15, -0.1) is 0 Å². The van der Waals surface area contributed by atoms with Crippen LogP contribution in [0.5, 0.6) is 5.75 Å². The van der Waals surface area contributed by atoms with Gasteiger partial charge < -0.3 is 4.74 Å². The average molecular weight is 250 g/mol. The Kier molecular flexibility index (Phi) is 5.70. The molecule has 2 amide bonds. The van der Waals surface area contributed by atoms with E-state index in [1.165, 1.54) is 6.92 Å². The van der Waals surface area contributed by atoms with E-state index in [2.05, 4.69) is 10.9 Å². The smallest absolute Gasteiger partial charge is 0.238 e. The zero-order chi connectivity index (χ0) is 13.4. The topological polar surface area (TPSA) is 67.4 Å². The third-order valence-electron chi connectivity index (χ3n) is 2.18. The maximum absolute atomic E-state index is 11.2. The van der Waals surface area contributed by atoms with Crippen molar-refractivity contribution >= 4 is 11.8 Å². The number of carbonyl (C=O) groups is 2. The van der Waals surface area contributed by atoms with Gasteiger partial charge in [0.2, 0.25) is 11.8 Å². The van der Waals surface area contributed by atoms with Gasteiger partial charge in [-0.3, -0.25) is 20.4 Å². The molecule has 0 saturated carbocycles. The Balaban J connectivity index is 2.15. The van der Waals surface area contributed by atoms with E-state index in [-0.39, 0.29) is 11.8 Å². The van der Waals surface area contributed by atoms with Gasteiger partial charge in [-0.05, 0) is 31.0 Å². The Morgan fingerprint density at radius 3 is 2.72 bits per heavy atom. The predicted octanol–water partition coefficient (Wildman–Crippen LogP) is 1.32. The molecule has 2 N–H and O–H groups in total.